The Morgan fingerprint density at radius 1 is 1.33 bits per heavy atom. The van der Waals surface area contributed by atoms with Gasteiger partial charge in [0.1, 0.15) is 5.82 Å². The molecule has 1 fully saturated rings. The van der Waals surface area contributed by atoms with E-state index in [0.717, 1.165) is 36.9 Å². The Morgan fingerprint density at radius 3 is 2.83 bits per heavy atom. The third-order valence-electron chi connectivity index (χ3n) is 3.83. The highest BCUT2D eigenvalue weighted by Crippen LogP contribution is 2.29. The first-order chi connectivity index (χ1) is 8.83. The average molecular weight is 268 g/mol. The molecule has 0 saturated heterocycles. The minimum Gasteiger partial charge on any atom is -0.360 e. The van der Waals surface area contributed by atoms with E-state index in [-0.39, 0.29) is 0 Å². The van der Waals surface area contributed by atoms with Crippen LogP contribution in [-0.2, 0) is 6.42 Å². The van der Waals surface area contributed by atoms with Gasteiger partial charge in [0.2, 0.25) is 5.13 Å². The fourth-order valence-corrected chi connectivity index (χ4v) is 3.35. The van der Waals surface area contributed by atoms with Crippen molar-refractivity contribution in [1.82, 2.24) is 9.36 Å². The second kappa shape index (κ2) is 7.04. The molecule has 1 aromatic rings. The molecule has 1 aliphatic carbocycles. The molecule has 0 amide bonds. The van der Waals surface area contributed by atoms with Gasteiger partial charge in [0.25, 0.3) is 0 Å². The lowest BCUT2D eigenvalue weighted by atomic mass is 9.79. The third kappa shape index (κ3) is 3.65. The summed E-state index contributed by atoms with van der Waals surface area (Å²) in [7, 11) is 0. The molecule has 2 rings (SSSR count). The van der Waals surface area contributed by atoms with Crippen LogP contribution >= 0.6 is 11.5 Å². The van der Waals surface area contributed by atoms with Crippen LogP contribution in [0.25, 0.3) is 0 Å². The molecule has 5 heteroatoms. The van der Waals surface area contributed by atoms with E-state index in [9.17, 15) is 0 Å². The Labute approximate surface area is 114 Å². The summed E-state index contributed by atoms with van der Waals surface area (Å²) in [4.78, 5) is 4.50. The fourth-order valence-electron chi connectivity index (χ4n) is 2.73. The number of aryl methyl sites for hydroxylation is 1. The van der Waals surface area contributed by atoms with Crippen molar-refractivity contribution in [2.45, 2.75) is 45.4 Å². The van der Waals surface area contributed by atoms with Crippen molar-refractivity contribution in [2.75, 3.05) is 18.4 Å². The van der Waals surface area contributed by atoms with Gasteiger partial charge in [-0.1, -0.05) is 19.8 Å². The van der Waals surface area contributed by atoms with Crippen molar-refractivity contribution in [3.05, 3.63) is 5.82 Å². The van der Waals surface area contributed by atoms with Crippen LogP contribution in [0.1, 0.15) is 44.9 Å². The van der Waals surface area contributed by atoms with Gasteiger partial charge in [-0.05, 0) is 37.6 Å². The van der Waals surface area contributed by atoms with Crippen molar-refractivity contribution < 1.29 is 0 Å². The number of hydrogen-bond acceptors (Lipinski definition) is 5. The molecule has 2 unspecified atom stereocenters. The SMILES string of the molecule is CCCc1nsc(NCC2CCCCC2CN)n1. The van der Waals surface area contributed by atoms with Gasteiger partial charge in [-0.2, -0.15) is 4.37 Å². The van der Waals surface area contributed by atoms with Crippen LogP contribution in [0.3, 0.4) is 0 Å². The van der Waals surface area contributed by atoms with Crippen LogP contribution in [0.15, 0.2) is 0 Å². The smallest absolute Gasteiger partial charge is 0.202 e. The summed E-state index contributed by atoms with van der Waals surface area (Å²) in [5.41, 5.74) is 5.85. The molecule has 1 saturated carbocycles. The Morgan fingerprint density at radius 2 is 2.11 bits per heavy atom. The van der Waals surface area contributed by atoms with Crippen molar-refractivity contribution in [2.24, 2.45) is 17.6 Å². The van der Waals surface area contributed by atoms with Crippen molar-refractivity contribution >= 4 is 16.7 Å². The first kappa shape index (κ1) is 13.7. The molecule has 1 aliphatic rings. The molecular formula is C13H24N4S. The van der Waals surface area contributed by atoms with E-state index in [2.05, 4.69) is 21.6 Å². The van der Waals surface area contributed by atoms with Crippen molar-refractivity contribution in [3.8, 4) is 0 Å². The average Bonchev–Trinajstić information content (AvgIpc) is 2.85. The lowest BCUT2D eigenvalue weighted by molar-refractivity contribution is 0.255. The molecule has 4 nitrogen and oxygen atoms in total. The normalized spacial score (nSPS) is 24.1. The first-order valence-corrected chi connectivity index (χ1v) is 7.87. The van der Waals surface area contributed by atoms with Crippen molar-refractivity contribution in [3.63, 3.8) is 0 Å². The van der Waals surface area contributed by atoms with E-state index < -0.39 is 0 Å². The van der Waals surface area contributed by atoms with E-state index in [1.54, 1.807) is 0 Å². The van der Waals surface area contributed by atoms with Gasteiger partial charge in [0.15, 0.2) is 0 Å². The zero-order valence-corrected chi connectivity index (χ0v) is 12.0. The predicted molar refractivity (Wildman–Crippen MR) is 76.9 cm³/mol. The zero-order chi connectivity index (χ0) is 12.8. The van der Waals surface area contributed by atoms with E-state index in [0.29, 0.717) is 11.8 Å². The number of aromatic nitrogens is 2. The summed E-state index contributed by atoms with van der Waals surface area (Å²) in [5, 5.41) is 4.42. The van der Waals surface area contributed by atoms with Gasteiger partial charge in [-0.3, -0.25) is 0 Å². The van der Waals surface area contributed by atoms with Crippen LogP contribution in [-0.4, -0.2) is 22.4 Å². The molecule has 0 aromatic carbocycles. The fraction of sp³-hybridized carbons (Fsp3) is 0.846. The zero-order valence-electron chi connectivity index (χ0n) is 11.2. The van der Waals surface area contributed by atoms with Gasteiger partial charge >= 0.3 is 0 Å². The van der Waals surface area contributed by atoms with Gasteiger partial charge in [0, 0.05) is 24.5 Å². The lowest BCUT2D eigenvalue weighted by Gasteiger charge is -2.30. The minimum atomic E-state index is 0.689. The van der Waals surface area contributed by atoms with E-state index in [4.69, 9.17) is 5.73 Å². The molecule has 0 spiro atoms. The van der Waals surface area contributed by atoms with E-state index in [1.807, 2.05) is 0 Å². The molecular weight excluding hydrogens is 244 g/mol. The maximum atomic E-state index is 5.85. The summed E-state index contributed by atoms with van der Waals surface area (Å²) in [6.45, 7) is 3.98. The van der Waals surface area contributed by atoms with Gasteiger partial charge in [-0.25, -0.2) is 4.98 Å². The van der Waals surface area contributed by atoms with Crippen LogP contribution in [0.2, 0.25) is 0 Å². The maximum absolute atomic E-state index is 5.85. The largest absolute Gasteiger partial charge is 0.360 e. The molecule has 0 aliphatic heterocycles. The van der Waals surface area contributed by atoms with Crippen LogP contribution in [0, 0.1) is 11.8 Å². The highest BCUT2D eigenvalue weighted by atomic mass is 32.1. The predicted octanol–water partition coefficient (Wildman–Crippen LogP) is 2.67. The molecule has 18 heavy (non-hydrogen) atoms. The summed E-state index contributed by atoms with van der Waals surface area (Å²) in [6, 6.07) is 0. The monoisotopic (exact) mass is 268 g/mol. The van der Waals surface area contributed by atoms with E-state index in [1.165, 1.54) is 37.2 Å². The second-order valence-corrected chi connectivity index (χ2v) is 5.94. The number of hydrogen-bond donors (Lipinski definition) is 2. The summed E-state index contributed by atoms with van der Waals surface area (Å²) < 4.78 is 4.35. The first-order valence-electron chi connectivity index (χ1n) is 7.10. The van der Waals surface area contributed by atoms with Gasteiger partial charge in [0.05, 0.1) is 0 Å². The number of rotatable bonds is 6. The summed E-state index contributed by atoms with van der Waals surface area (Å²) >= 11 is 1.48. The van der Waals surface area contributed by atoms with Crippen LogP contribution in [0.4, 0.5) is 5.13 Å². The molecule has 102 valence electrons. The van der Waals surface area contributed by atoms with Gasteiger partial charge < -0.3 is 11.1 Å². The molecule has 1 heterocycles. The van der Waals surface area contributed by atoms with Crippen LogP contribution < -0.4 is 11.1 Å². The lowest BCUT2D eigenvalue weighted by Crippen LogP contribution is -2.31. The molecule has 1 aromatic heterocycles. The van der Waals surface area contributed by atoms with E-state index >= 15 is 0 Å². The summed E-state index contributed by atoms with van der Waals surface area (Å²) in [5.74, 6) is 2.38. The topological polar surface area (TPSA) is 63.8 Å². The van der Waals surface area contributed by atoms with Crippen LogP contribution in [0.5, 0.6) is 0 Å². The molecule has 0 bridgehead atoms. The third-order valence-corrected chi connectivity index (χ3v) is 4.54. The van der Waals surface area contributed by atoms with Gasteiger partial charge in [-0.15, -0.1) is 0 Å². The van der Waals surface area contributed by atoms with Crippen molar-refractivity contribution in [1.29, 1.82) is 0 Å². The molecule has 0 radical (unpaired) electrons. The number of nitrogens with one attached hydrogen (secondary N) is 1. The molecule has 2 atom stereocenters. The summed E-state index contributed by atoms with van der Waals surface area (Å²) in [6.07, 6.45) is 7.37. The standard InChI is InChI=1S/C13H24N4S/c1-2-5-12-16-13(18-17-12)15-9-11-7-4-3-6-10(11)8-14/h10-11H,2-9,14H2,1H3,(H,15,16,17). The highest BCUT2D eigenvalue weighted by Gasteiger charge is 2.23. The Kier molecular flexibility index (Phi) is 5.38. The highest BCUT2D eigenvalue weighted by molar-refractivity contribution is 7.09. The Bertz CT molecular complexity index is 353. The quantitative estimate of drug-likeness (QED) is 0.832. The minimum absolute atomic E-state index is 0.689. The Balaban J connectivity index is 1.81. The maximum Gasteiger partial charge on any atom is 0.202 e. The second-order valence-electron chi connectivity index (χ2n) is 5.19. The number of nitrogens with zero attached hydrogens (tertiary/aromatic N) is 2. The molecule has 3 N–H and O–H groups in total. The number of nitrogens with two attached hydrogens (primary N) is 1. The number of anilines is 1. The Hall–Kier alpha value is -0.680.